The summed E-state index contributed by atoms with van der Waals surface area (Å²) in [6.07, 6.45) is 0.963. The Balaban J connectivity index is 1.47. The lowest BCUT2D eigenvalue weighted by molar-refractivity contribution is -0.165. The van der Waals surface area contributed by atoms with E-state index in [2.05, 4.69) is 10.6 Å². The van der Waals surface area contributed by atoms with E-state index in [1.54, 1.807) is 42.5 Å². The highest BCUT2D eigenvalue weighted by molar-refractivity contribution is 6.28. The fourth-order valence-electron chi connectivity index (χ4n) is 4.56. The summed E-state index contributed by atoms with van der Waals surface area (Å²) in [6.45, 7) is -0.175. The molecule has 0 aromatic heterocycles. The average molecular weight is 489 g/mol. The van der Waals surface area contributed by atoms with Crippen molar-refractivity contribution >= 4 is 35.5 Å². The number of hydrogen-bond acceptors (Lipinski definition) is 7. The molecular weight excluding hydrogens is 466 g/mol. The van der Waals surface area contributed by atoms with Crippen molar-refractivity contribution in [3.05, 3.63) is 70.8 Å². The summed E-state index contributed by atoms with van der Waals surface area (Å²) in [7, 11) is 0. The molecule has 0 bridgehead atoms. The molecule has 1 saturated heterocycles. The lowest BCUT2D eigenvalue weighted by atomic mass is 9.86. The summed E-state index contributed by atoms with van der Waals surface area (Å²) in [5, 5.41) is 4.86. The molecule has 0 spiro atoms. The Morgan fingerprint density at radius 1 is 1.00 bits per heavy atom. The zero-order valence-electron chi connectivity index (χ0n) is 19.2. The number of ether oxygens (including phenoxy) is 1. The van der Waals surface area contributed by atoms with E-state index in [1.807, 2.05) is 0 Å². The topological polar surface area (TPSA) is 139 Å². The van der Waals surface area contributed by atoms with Crippen molar-refractivity contribution in [1.82, 2.24) is 15.5 Å². The number of piperidine rings is 1. The zero-order chi connectivity index (χ0) is 25.4. The fraction of sp³-hybridized carbons (Fsp3) is 0.308. The van der Waals surface area contributed by atoms with Crippen LogP contribution in [0.2, 0.25) is 0 Å². The van der Waals surface area contributed by atoms with Crippen molar-refractivity contribution < 1.29 is 33.5 Å². The zero-order valence-corrected chi connectivity index (χ0v) is 19.2. The smallest absolute Gasteiger partial charge is 0.342 e. The summed E-state index contributed by atoms with van der Waals surface area (Å²) in [5.41, 5.74) is -1.28. The van der Waals surface area contributed by atoms with Crippen molar-refractivity contribution in [2.45, 2.75) is 44.4 Å². The number of nitrogens with zero attached hydrogens (tertiary/aromatic N) is 1. The number of imide groups is 2. The van der Waals surface area contributed by atoms with Gasteiger partial charge >= 0.3 is 5.97 Å². The molecule has 10 nitrogen and oxygen atoms in total. The van der Waals surface area contributed by atoms with E-state index in [-0.39, 0.29) is 42.5 Å². The van der Waals surface area contributed by atoms with Crippen LogP contribution in [-0.4, -0.2) is 45.9 Å². The number of carbonyl (C=O) groups is 6. The van der Waals surface area contributed by atoms with Crippen LogP contribution in [0.4, 0.5) is 0 Å². The minimum atomic E-state index is -2.34. The van der Waals surface area contributed by atoms with Gasteiger partial charge in [0.2, 0.25) is 17.4 Å². The number of rotatable bonds is 7. The predicted molar refractivity (Wildman–Crippen MR) is 123 cm³/mol. The van der Waals surface area contributed by atoms with Crippen LogP contribution >= 0.6 is 0 Å². The van der Waals surface area contributed by atoms with E-state index in [1.165, 1.54) is 6.07 Å². The lowest BCUT2D eigenvalue weighted by Crippen LogP contribution is -2.68. The van der Waals surface area contributed by atoms with Crippen molar-refractivity contribution in [2.24, 2.45) is 5.92 Å². The van der Waals surface area contributed by atoms with Gasteiger partial charge in [-0.3, -0.25) is 29.3 Å². The number of fused-ring (bicyclic) bond motifs is 1. The van der Waals surface area contributed by atoms with Crippen LogP contribution in [0, 0.1) is 5.92 Å². The van der Waals surface area contributed by atoms with Crippen molar-refractivity contribution in [3.8, 4) is 0 Å². The Labute approximate surface area is 206 Å². The largest absolute Gasteiger partial charge is 0.459 e. The van der Waals surface area contributed by atoms with Gasteiger partial charge in [-0.2, -0.15) is 0 Å². The minimum absolute atomic E-state index is 0.0121. The van der Waals surface area contributed by atoms with Gasteiger partial charge in [0.25, 0.3) is 17.7 Å². The summed E-state index contributed by atoms with van der Waals surface area (Å²) < 4.78 is 5.41. The van der Waals surface area contributed by atoms with Crippen molar-refractivity contribution in [1.29, 1.82) is 0 Å². The first kappa shape index (κ1) is 23.4. The van der Waals surface area contributed by atoms with Gasteiger partial charge in [-0.25, -0.2) is 9.69 Å². The molecule has 36 heavy (non-hydrogen) atoms. The number of esters is 1. The first-order valence-corrected chi connectivity index (χ1v) is 11.7. The fourth-order valence-corrected chi connectivity index (χ4v) is 4.56. The molecule has 2 heterocycles. The third-order valence-corrected chi connectivity index (χ3v) is 6.68. The molecule has 1 aliphatic carbocycles. The van der Waals surface area contributed by atoms with Gasteiger partial charge in [-0.05, 0) is 36.5 Å². The Morgan fingerprint density at radius 2 is 1.75 bits per heavy atom. The second-order valence-electron chi connectivity index (χ2n) is 9.08. The summed E-state index contributed by atoms with van der Waals surface area (Å²) >= 11 is 0. The Morgan fingerprint density at radius 3 is 2.44 bits per heavy atom. The molecular formula is C26H23N3O7. The summed E-state index contributed by atoms with van der Waals surface area (Å²) in [5.74, 6) is -4.68. The molecule has 2 aromatic rings. The summed E-state index contributed by atoms with van der Waals surface area (Å²) in [6, 6.07) is 13.3. The molecule has 184 valence electrons. The third-order valence-electron chi connectivity index (χ3n) is 6.68. The molecule has 5 amide bonds. The molecule has 5 rings (SSSR count). The Kier molecular flexibility index (Phi) is 5.87. The number of hydrogen-bond donors (Lipinski definition) is 2. The normalized spacial score (nSPS) is 21.2. The van der Waals surface area contributed by atoms with E-state index >= 15 is 0 Å². The average Bonchev–Trinajstić information content (AvgIpc) is 3.69. The molecule has 1 saturated carbocycles. The highest BCUT2D eigenvalue weighted by Crippen LogP contribution is 2.37. The Hall–Kier alpha value is -4.34. The number of amides is 5. The number of nitrogens with one attached hydrogen (secondary N) is 2. The third kappa shape index (κ3) is 3.94. The molecule has 2 aromatic carbocycles. The van der Waals surface area contributed by atoms with E-state index < -0.39 is 41.6 Å². The van der Waals surface area contributed by atoms with E-state index in [4.69, 9.17) is 4.74 Å². The molecule has 3 aliphatic rings. The predicted octanol–water partition coefficient (Wildman–Crippen LogP) is 1.23. The molecule has 0 radical (unpaired) electrons. The maximum atomic E-state index is 13.6. The standard InChI is InChI=1S/C26H23N3O7/c30-19-11-12-26(24(34)28-19,25(35)36-14-15-5-2-1-3-6-15)29-22(32)18-8-4-7-17(20(18)23(29)33)13-27-21(31)16-9-10-16/h1-8,16H,9-14H2,(H,27,31)(H,28,30,34). The maximum absolute atomic E-state index is 13.6. The Bertz CT molecular complexity index is 1300. The van der Waals surface area contributed by atoms with Crippen molar-refractivity contribution in [2.75, 3.05) is 0 Å². The van der Waals surface area contributed by atoms with Gasteiger partial charge in [-0.15, -0.1) is 0 Å². The molecule has 10 heteroatoms. The highest BCUT2D eigenvalue weighted by atomic mass is 16.5. The van der Waals surface area contributed by atoms with Crippen LogP contribution in [0.5, 0.6) is 0 Å². The lowest BCUT2D eigenvalue weighted by Gasteiger charge is -2.38. The number of carbonyl (C=O) groups excluding carboxylic acids is 6. The van der Waals surface area contributed by atoms with E-state index in [0.29, 0.717) is 16.0 Å². The van der Waals surface area contributed by atoms with Gasteiger partial charge in [0.1, 0.15) is 6.61 Å². The monoisotopic (exact) mass is 489 g/mol. The van der Waals surface area contributed by atoms with E-state index in [0.717, 1.165) is 12.8 Å². The van der Waals surface area contributed by atoms with Crippen LogP contribution in [0.15, 0.2) is 48.5 Å². The van der Waals surface area contributed by atoms with Crippen LogP contribution < -0.4 is 10.6 Å². The highest BCUT2D eigenvalue weighted by Gasteiger charge is 2.61. The van der Waals surface area contributed by atoms with E-state index in [9.17, 15) is 28.8 Å². The second kappa shape index (κ2) is 9.03. The van der Waals surface area contributed by atoms with Gasteiger partial charge in [0.05, 0.1) is 11.1 Å². The summed E-state index contributed by atoms with van der Waals surface area (Å²) in [4.78, 5) is 78.3. The van der Waals surface area contributed by atoms with Crippen LogP contribution in [-0.2, 0) is 37.1 Å². The molecule has 2 aliphatic heterocycles. The van der Waals surface area contributed by atoms with Crippen LogP contribution in [0.25, 0.3) is 0 Å². The quantitative estimate of drug-likeness (QED) is 0.339. The number of benzene rings is 2. The molecule has 1 unspecified atom stereocenters. The maximum Gasteiger partial charge on any atom is 0.342 e. The van der Waals surface area contributed by atoms with Gasteiger partial charge in [0.15, 0.2) is 0 Å². The van der Waals surface area contributed by atoms with Gasteiger partial charge < -0.3 is 10.1 Å². The SMILES string of the molecule is O=C1CCC(C(=O)OCc2ccccc2)(N2C(=O)c3cccc(CNC(=O)C4CC4)c3C2=O)C(=O)N1. The van der Waals surface area contributed by atoms with Crippen LogP contribution in [0.1, 0.15) is 57.5 Å². The van der Waals surface area contributed by atoms with Gasteiger partial charge in [0, 0.05) is 18.9 Å². The second-order valence-corrected chi connectivity index (χ2v) is 9.08. The van der Waals surface area contributed by atoms with Crippen LogP contribution in [0.3, 0.4) is 0 Å². The molecule has 2 fully saturated rings. The first-order valence-electron chi connectivity index (χ1n) is 11.7. The molecule has 1 atom stereocenters. The van der Waals surface area contributed by atoms with Crippen molar-refractivity contribution in [3.63, 3.8) is 0 Å². The first-order chi connectivity index (χ1) is 17.3. The minimum Gasteiger partial charge on any atom is -0.459 e. The van der Waals surface area contributed by atoms with Gasteiger partial charge in [-0.1, -0.05) is 42.5 Å². The molecule has 2 N–H and O–H groups in total.